The first kappa shape index (κ1) is 16.7. The molecule has 122 valence electrons. The zero-order chi connectivity index (χ0) is 16.8. The Kier molecular flexibility index (Phi) is 5.51. The van der Waals surface area contributed by atoms with Gasteiger partial charge in [-0.05, 0) is 23.8 Å². The van der Waals surface area contributed by atoms with Gasteiger partial charge in [0.05, 0.1) is 7.11 Å². The van der Waals surface area contributed by atoms with Crippen LogP contribution in [-0.4, -0.2) is 25.1 Å². The molecule has 0 aliphatic rings. The summed E-state index contributed by atoms with van der Waals surface area (Å²) in [5, 5.41) is 2.74. The van der Waals surface area contributed by atoms with E-state index in [1.165, 1.54) is 17.0 Å². The third-order valence-electron chi connectivity index (χ3n) is 3.35. The van der Waals surface area contributed by atoms with Crippen molar-refractivity contribution in [2.45, 2.75) is 13.1 Å². The van der Waals surface area contributed by atoms with E-state index < -0.39 is 11.6 Å². The molecule has 0 aliphatic heterocycles. The van der Waals surface area contributed by atoms with E-state index >= 15 is 0 Å². The van der Waals surface area contributed by atoms with Crippen molar-refractivity contribution in [3.05, 3.63) is 65.2 Å². The molecule has 1 N–H and O–H groups in total. The van der Waals surface area contributed by atoms with Gasteiger partial charge in [-0.2, -0.15) is 0 Å². The van der Waals surface area contributed by atoms with Crippen molar-refractivity contribution < 1.29 is 18.3 Å². The number of halogens is 2. The zero-order valence-corrected chi connectivity index (χ0v) is 13.0. The Labute approximate surface area is 133 Å². The lowest BCUT2D eigenvalue weighted by Crippen LogP contribution is -2.36. The van der Waals surface area contributed by atoms with Gasteiger partial charge in [0.25, 0.3) is 0 Å². The second kappa shape index (κ2) is 7.58. The van der Waals surface area contributed by atoms with E-state index in [2.05, 4.69) is 5.32 Å². The summed E-state index contributed by atoms with van der Waals surface area (Å²) in [6.07, 6.45) is 0. The van der Waals surface area contributed by atoms with E-state index in [1.54, 1.807) is 14.2 Å². The third-order valence-corrected chi connectivity index (χ3v) is 3.35. The highest BCUT2D eigenvalue weighted by molar-refractivity contribution is 5.73. The number of rotatable bonds is 5. The van der Waals surface area contributed by atoms with Crippen LogP contribution >= 0.6 is 0 Å². The number of benzene rings is 2. The molecule has 23 heavy (non-hydrogen) atoms. The van der Waals surface area contributed by atoms with Crippen molar-refractivity contribution in [1.29, 1.82) is 0 Å². The second-order valence-electron chi connectivity index (χ2n) is 5.10. The fourth-order valence-electron chi connectivity index (χ4n) is 2.07. The highest BCUT2D eigenvalue weighted by Crippen LogP contribution is 2.13. The predicted molar refractivity (Wildman–Crippen MR) is 83.1 cm³/mol. The van der Waals surface area contributed by atoms with E-state index in [4.69, 9.17) is 4.74 Å². The lowest BCUT2D eigenvalue weighted by atomic mass is 10.2. The SMILES string of the molecule is COc1cccc(CNC(=O)N(C)Cc2ccc(F)cc2F)c1. The molecular formula is C17H18F2N2O2. The highest BCUT2D eigenvalue weighted by Gasteiger charge is 2.12. The molecular weight excluding hydrogens is 302 g/mol. The van der Waals surface area contributed by atoms with Gasteiger partial charge in [0.15, 0.2) is 0 Å². The third kappa shape index (κ3) is 4.67. The minimum Gasteiger partial charge on any atom is -0.497 e. The van der Waals surface area contributed by atoms with Crippen LogP contribution in [0.4, 0.5) is 13.6 Å². The Balaban J connectivity index is 1.92. The fraction of sp³-hybridized carbons (Fsp3) is 0.235. The molecule has 2 aromatic rings. The van der Waals surface area contributed by atoms with Crippen LogP contribution < -0.4 is 10.1 Å². The summed E-state index contributed by atoms with van der Waals surface area (Å²) in [5.41, 5.74) is 1.14. The molecule has 0 atom stereocenters. The highest BCUT2D eigenvalue weighted by atomic mass is 19.1. The van der Waals surface area contributed by atoms with Crippen LogP contribution in [0.1, 0.15) is 11.1 Å². The molecule has 0 aliphatic carbocycles. The predicted octanol–water partition coefficient (Wildman–Crippen LogP) is 3.32. The zero-order valence-electron chi connectivity index (χ0n) is 13.0. The molecule has 0 fully saturated rings. The quantitative estimate of drug-likeness (QED) is 0.918. The van der Waals surface area contributed by atoms with Crippen LogP contribution in [0.5, 0.6) is 5.75 Å². The lowest BCUT2D eigenvalue weighted by molar-refractivity contribution is 0.206. The molecule has 0 saturated carbocycles. The van der Waals surface area contributed by atoms with Crippen LogP contribution in [0.3, 0.4) is 0 Å². The first-order valence-corrected chi connectivity index (χ1v) is 7.05. The molecule has 0 radical (unpaired) electrons. The molecule has 0 unspecified atom stereocenters. The van der Waals surface area contributed by atoms with Gasteiger partial charge in [-0.3, -0.25) is 0 Å². The van der Waals surface area contributed by atoms with Crippen LogP contribution in [0.25, 0.3) is 0 Å². The van der Waals surface area contributed by atoms with Crippen molar-refractivity contribution in [2.75, 3.05) is 14.2 Å². The maximum atomic E-state index is 13.6. The van der Waals surface area contributed by atoms with E-state index in [0.29, 0.717) is 12.3 Å². The number of nitrogens with one attached hydrogen (secondary N) is 1. The summed E-state index contributed by atoms with van der Waals surface area (Å²) >= 11 is 0. The summed E-state index contributed by atoms with van der Waals surface area (Å²) in [6.45, 7) is 0.377. The van der Waals surface area contributed by atoms with Gasteiger partial charge in [-0.1, -0.05) is 18.2 Å². The molecule has 0 saturated heterocycles. The number of amides is 2. The summed E-state index contributed by atoms with van der Waals surface area (Å²) < 4.78 is 31.6. The number of nitrogens with zero attached hydrogens (tertiary/aromatic N) is 1. The Bertz CT molecular complexity index is 692. The normalized spacial score (nSPS) is 10.3. The Hall–Kier alpha value is -2.63. The molecule has 6 heteroatoms. The van der Waals surface area contributed by atoms with Crippen molar-refractivity contribution >= 4 is 6.03 Å². The molecule has 0 aromatic heterocycles. The molecule has 0 heterocycles. The summed E-state index contributed by atoms with van der Waals surface area (Å²) in [4.78, 5) is 13.4. The molecule has 4 nitrogen and oxygen atoms in total. The minimum absolute atomic E-state index is 0.0516. The monoisotopic (exact) mass is 320 g/mol. The molecule has 0 spiro atoms. The summed E-state index contributed by atoms with van der Waals surface area (Å²) in [5.74, 6) is -0.604. The number of carbonyl (C=O) groups excluding carboxylic acids is 1. The molecule has 0 bridgehead atoms. The van der Waals surface area contributed by atoms with E-state index in [1.807, 2.05) is 24.3 Å². The molecule has 2 rings (SSSR count). The van der Waals surface area contributed by atoms with E-state index in [9.17, 15) is 13.6 Å². The summed E-state index contributed by atoms with van der Waals surface area (Å²) in [7, 11) is 3.12. The average Bonchev–Trinajstić information content (AvgIpc) is 2.55. The molecule has 2 aromatic carbocycles. The second-order valence-corrected chi connectivity index (χ2v) is 5.10. The molecule has 2 amide bonds. The number of hydrogen-bond donors (Lipinski definition) is 1. The van der Waals surface area contributed by atoms with Crippen LogP contribution in [0.15, 0.2) is 42.5 Å². The van der Waals surface area contributed by atoms with Crippen molar-refractivity contribution in [3.8, 4) is 5.75 Å². The van der Waals surface area contributed by atoms with Crippen molar-refractivity contribution in [1.82, 2.24) is 10.2 Å². The largest absolute Gasteiger partial charge is 0.497 e. The average molecular weight is 320 g/mol. The summed E-state index contributed by atoms with van der Waals surface area (Å²) in [6, 6.07) is 10.3. The maximum Gasteiger partial charge on any atom is 0.317 e. The van der Waals surface area contributed by atoms with Gasteiger partial charge >= 0.3 is 6.03 Å². The number of urea groups is 1. The smallest absolute Gasteiger partial charge is 0.317 e. The Morgan fingerprint density at radius 3 is 2.70 bits per heavy atom. The van der Waals surface area contributed by atoms with Gasteiger partial charge in [-0.25, -0.2) is 13.6 Å². The van der Waals surface area contributed by atoms with Gasteiger partial charge < -0.3 is 15.0 Å². The number of hydrogen-bond acceptors (Lipinski definition) is 2. The van der Waals surface area contributed by atoms with E-state index in [-0.39, 0.29) is 18.1 Å². The number of ether oxygens (including phenoxy) is 1. The topological polar surface area (TPSA) is 41.6 Å². The number of methoxy groups -OCH3 is 1. The van der Waals surface area contributed by atoms with E-state index in [0.717, 1.165) is 11.6 Å². The van der Waals surface area contributed by atoms with Crippen LogP contribution in [0, 0.1) is 11.6 Å². The minimum atomic E-state index is -0.669. The first-order chi connectivity index (χ1) is 11.0. The number of carbonyl (C=O) groups is 1. The van der Waals surface area contributed by atoms with Gasteiger partial charge in [0, 0.05) is 31.8 Å². The van der Waals surface area contributed by atoms with Gasteiger partial charge in [0.1, 0.15) is 17.4 Å². The Morgan fingerprint density at radius 2 is 2.00 bits per heavy atom. The Morgan fingerprint density at radius 1 is 1.22 bits per heavy atom. The first-order valence-electron chi connectivity index (χ1n) is 7.05. The van der Waals surface area contributed by atoms with Gasteiger partial charge in [0.2, 0.25) is 0 Å². The lowest BCUT2D eigenvalue weighted by Gasteiger charge is -2.18. The standard InChI is InChI=1S/C17H18F2N2O2/c1-21(11-13-6-7-14(18)9-16(13)19)17(22)20-10-12-4-3-5-15(8-12)23-2/h3-9H,10-11H2,1-2H3,(H,20,22). The van der Waals surface area contributed by atoms with Crippen LogP contribution in [0.2, 0.25) is 0 Å². The fourth-order valence-corrected chi connectivity index (χ4v) is 2.07. The van der Waals surface area contributed by atoms with Crippen molar-refractivity contribution in [2.24, 2.45) is 0 Å². The van der Waals surface area contributed by atoms with Crippen molar-refractivity contribution in [3.63, 3.8) is 0 Å². The maximum absolute atomic E-state index is 13.6. The van der Waals surface area contributed by atoms with Crippen LogP contribution in [-0.2, 0) is 13.1 Å². The van der Waals surface area contributed by atoms with Gasteiger partial charge in [-0.15, -0.1) is 0 Å².